The van der Waals surface area contributed by atoms with Crippen LogP contribution in [0.1, 0.15) is 19.4 Å². The van der Waals surface area contributed by atoms with E-state index in [1.165, 1.54) is 0 Å². The first-order chi connectivity index (χ1) is 6.50. The number of hydrazine groups is 1. The standard InChI is InChI=1S/C10H14N2O2/c1-10(2,9(13)14)7-5-3-4-6-8(7)12-11/h3-6,12H,11H2,1-2H3,(H,13,14). The van der Waals surface area contributed by atoms with E-state index in [2.05, 4.69) is 5.43 Å². The van der Waals surface area contributed by atoms with Crippen LogP contribution in [-0.2, 0) is 10.2 Å². The highest BCUT2D eigenvalue weighted by molar-refractivity contribution is 5.82. The van der Waals surface area contributed by atoms with Gasteiger partial charge in [0.2, 0.25) is 0 Å². The van der Waals surface area contributed by atoms with E-state index in [4.69, 9.17) is 10.9 Å². The molecule has 0 spiro atoms. The van der Waals surface area contributed by atoms with E-state index in [1.54, 1.807) is 38.1 Å². The minimum absolute atomic E-state index is 0.639. The van der Waals surface area contributed by atoms with Crippen LogP contribution in [0.4, 0.5) is 5.69 Å². The monoisotopic (exact) mass is 194 g/mol. The number of carboxylic acid groups (broad SMARTS) is 1. The molecule has 0 amide bonds. The Balaban J connectivity index is 3.24. The zero-order valence-electron chi connectivity index (χ0n) is 8.24. The summed E-state index contributed by atoms with van der Waals surface area (Å²) in [6.07, 6.45) is 0. The van der Waals surface area contributed by atoms with Gasteiger partial charge in [0.15, 0.2) is 0 Å². The molecule has 0 aliphatic carbocycles. The Bertz CT molecular complexity index is 348. The Morgan fingerprint density at radius 2 is 2.00 bits per heavy atom. The molecular formula is C10H14N2O2. The van der Waals surface area contributed by atoms with E-state index < -0.39 is 11.4 Å². The molecule has 0 aromatic heterocycles. The molecule has 1 rings (SSSR count). The molecule has 0 aliphatic rings. The van der Waals surface area contributed by atoms with Crippen molar-refractivity contribution < 1.29 is 9.90 Å². The molecule has 1 aromatic carbocycles. The van der Waals surface area contributed by atoms with Crippen molar-refractivity contribution in [3.05, 3.63) is 29.8 Å². The fraction of sp³-hybridized carbons (Fsp3) is 0.300. The van der Waals surface area contributed by atoms with E-state index in [1.807, 2.05) is 0 Å². The lowest BCUT2D eigenvalue weighted by atomic mass is 9.84. The van der Waals surface area contributed by atoms with Gasteiger partial charge in [-0.25, -0.2) is 0 Å². The van der Waals surface area contributed by atoms with Crippen molar-refractivity contribution in [3.63, 3.8) is 0 Å². The number of nitrogen functional groups attached to an aromatic ring is 1. The van der Waals surface area contributed by atoms with Crippen LogP contribution in [0, 0.1) is 0 Å². The molecule has 0 atom stereocenters. The van der Waals surface area contributed by atoms with Gasteiger partial charge in [-0.3, -0.25) is 10.6 Å². The van der Waals surface area contributed by atoms with Gasteiger partial charge in [-0.1, -0.05) is 18.2 Å². The summed E-state index contributed by atoms with van der Waals surface area (Å²) in [7, 11) is 0. The topological polar surface area (TPSA) is 75.3 Å². The number of nitrogens with two attached hydrogens (primary N) is 1. The van der Waals surface area contributed by atoms with Crippen molar-refractivity contribution in [1.82, 2.24) is 0 Å². The summed E-state index contributed by atoms with van der Waals surface area (Å²) in [6, 6.07) is 7.10. The van der Waals surface area contributed by atoms with Crippen molar-refractivity contribution in [3.8, 4) is 0 Å². The molecular weight excluding hydrogens is 180 g/mol. The van der Waals surface area contributed by atoms with Crippen molar-refractivity contribution in [2.45, 2.75) is 19.3 Å². The Morgan fingerprint density at radius 1 is 1.43 bits per heavy atom. The van der Waals surface area contributed by atoms with Gasteiger partial charge in [0, 0.05) is 0 Å². The number of rotatable bonds is 3. The lowest BCUT2D eigenvalue weighted by Crippen LogP contribution is -2.30. The van der Waals surface area contributed by atoms with Crippen LogP contribution in [0.2, 0.25) is 0 Å². The van der Waals surface area contributed by atoms with Gasteiger partial charge in [0.1, 0.15) is 0 Å². The van der Waals surface area contributed by atoms with E-state index in [0.717, 1.165) is 0 Å². The summed E-state index contributed by atoms with van der Waals surface area (Å²) < 4.78 is 0. The minimum Gasteiger partial charge on any atom is -0.481 e. The van der Waals surface area contributed by atoms with Gasteiger partial charge in [0.05, 0.1) is 11.1 Å². The molecule has 76 valence electrons. The maximum atomic E-state index is 11.0. The fourth-order valence-corrected chi connectivity index (χ4v) is 1.27. The molecule has 4 heteroatoms. The number of para-hydroxylation sites is 1. The fourth-order valence-electron chi connectivity index (χ4n) is 1.27. The zero-order chi connectivity index (χ0) is 10.8. The highest BCUT2D eigenvalue weighted by atomic mass is 16.4. The maximum absolute atomic E-state index is 11.0. The molecule has 0 fully saturated rings. The molecule has 14 heavy (non-hydrogen) atoms. The van der Waals surface area contributed by atoms with Crippen LogP contribution in [-0.4, -0.2) is 11.1 Å². The molecule has 0 radical (unpaired) electrons. The molecule has 4 N–H and O–H groups in total. The summed E-state index contributed by atoms with van der Waals surface area (Å²) in [5.41, 5.74) is 2.87. The van der Waals surface area contributed by atoms with E-state index >= 15 is 0 Å². The summed E-state index contributed by atoms with van der Waals surface area (Å²) in [5, 5.41) is 9.05. The van der Waals surface area contributed by atoms with Gasteiger partial charge in [-0.2, -0.15) is 0 Å². The molecule has 0 saturated carbocycles. The second-order valence-corrected chi connectivity index (χ2v) is 3.62. The minimum atomic E-state index is -0.942. The first-order valence-electron chi connectivity index (χ1n) is 4.29. The quantitative estimate of drug-likeness (QED) is 0.501. The smallest absolute Gasteiger partial charge is 0.313 e. The van der Waals surface area contributed by atoms with Crippen LogP contribution >= 0.6 is 0 Å². The molecule has 0 unspecified atom stereocenters. The largest absolute Gasteiger partial charge is 0.481 e. The van der Waals surface area contributed by atoms with E-state index in [-0.39, 0.29) is 0 Å². The maximum Gasteiger partial charge on any atom is 0.313 e. The van der Waals surface area contributed by atoms with Crippen LogP contribution < -0.4 is 11.3 Å². The third-order valence-corrected chi connectivity index (χ3v) is 2.29. The van der Waals surface area contributed by atoms with Crippen molar-refractivity contribution in [2.24, 2.45) is 5.84 Å². The number of nitrogens with one attached hydrogen (secondary N) is 1. The van der Waals surface area contributed by atoms with Gasteiger partial charge in [-0.15, -0.1) is 0 Å². The first-order valence-corrected chi connectivity index (χ1v) is 4.29. The Hall–Kier alpha value is -1.55. The highest BCUT2D eigenvalue weighted by Crippen LogP contribution is 2.29. The summed E-state index contributed by atoms with van der Waals surface area (Å²) in [5.74, 6) is 4.43. The Labute approximate surface area is 82.7 Å². The highest BCUT2D eigenvalue weighted by Gasteiger charge is 2.31. The lowest BCUT2D eigenvalue weighted by molar-refractivity contribution is -0.142. The number of hydrogen-bond acceptors (Lipinski definition) is 3. The number of aliphatic carboxylic acids is 1. The first kappa shape index (κ1) is 10.5. The summed E-state index contributed by atoms with van der Waals surface area (Å²) >= 11 is 0. The lowest BCUT2D eigenvalue weighted by Gasteiger charge is -2.22. The molecule has 4 nitrogen and oxygen atoms in total. The molecule has 0 heterocycles. The van der Waals surface area contributed by atoms with Crippen LogP contribution in [0.5, 0.6) is 0 Å². The Morgan fingerprint density at radius 3 is 2.50 bits per heavy atom. The molecule has 0 bridgehead atoms. The Kier molecular flexibility index (Phi) is 2.76. The van der Waals surface area contributed by atoms with Gasteiger partial charge in [-0.05, 0) is 25.5 Å². The normalized spacial score (nSPS) is 11.1. The molecule has 0 aliphatic heterocycles. The van der Waals surface area contributed by atoms with Gasteiger partial charge in [0.25, 0.3) is 0 Å². The predicted molar refractivity (Wildman–Crippen MR) is 54.9 cm³/mol. The van der Waals surface area contributed by atoms with Crippen molar-refractivity contribution in [2.75, 3.05) is 5.43 Å². The molecule has 1 aromatic rings. The van der Waals surface area contributed by atoms with E-state index in [9.17, 15) is 4.79 Å². The van der Waals surface area contributed by atoms with Gasteiger partial charge < -0.3 is 10.5 Å². The van der Waals surface area contributed by atoms with Crippen molar-refractivity contribution in [1.29, 1.82) is 0 Å². The predicted octanol–water partition coefficient (Wildman–Crippen LogP) is 1.33. The number of carboxylic acids is 1. The second kappa shape index (κ2) is 3.67. The van der Waals surface area contributed by atoms with Gasteiger partial charge >= 0.3 is 5.97 Å². The third kappa shape index (κ3) is 1.70. The van der Waals surface area contributed by atoms with Crippen LogP contribution in [0.15, 0.2) is 24.3 Å². The SMILES string of the molecule is CC(C)(C(=O)O)c1ccccc1NN. The zero-order valence-corrected chi connectivity index (χ0v) is 8.24. The average Bonchev–Trinajstić information content (AvgIpc) is 2.17. The number of benzene rings is 1. The summed E-state index contributed by atoms with van der Waals surface area (Å²) in [4.78, 5) is 11.0. The van der Waals surface area contributed by atoms with Crippen molar-refractivity contribution >= 4 is 11.7 Å². The number of anilines is 1. The molecule has 0 saturated heterocycles. The average molecular weight is 194 g/mol. The second-order valence-electron chi connectivity index (χ2n) is 3.62. The van der Waals surface area contributed by atoms with Crippen LogP contribution in [0.3, 0.4) is 0 Å². The van der Waals surface area contributed by atoms with Crippen LogP contribution in [0.25, 0.3) is 0 Å². The summed E-state index contributed by atoms with van der Waals surface area (Å²) in [6.45, 7) is 3.29. The van der Waals surface area contributed by atoms with E-state index in [0.29, 0.717) is 11.3 Å². The number of hydrogen-bond donors (Lipinski definition) is 3. The number of carbonyl (C=O) groups is 1. The third-order valence-electron chi connectivity index (χ3n) is 2.29.